The Morgan fingerprint density at radius 2 is 2.05 bits per heavy atom. The van der Waals surface area contributed by atoms with Crippen LogP contribution >= 0.6 is 17.5 Å². The van der Waals surface area contributed by atoms with Crippen LogP contribution in [0.5, 0.6) is 0 Å². The Bertz CT molecular complexity index is 1150. The first-order valence-electron chi connectivity index (χ1n) is 12.9. The fourth-order valence-electron chi connectivity index (χ4n) is 4.52. The highest BCUT2D eigenvalue weighted by Gasteiger charge is 2.52. The molecule has 9 nitrogen and oxygen atoms in total. The van der Waals surface area contributed by atoms with Crippen LogP contribution in [-0.4, -0.2) is 63.9 Å². The summed E-state index contributed by atoms with van der Waals surface area (Å²) in [6.45, 7) is 18.6. The Kier molecular flexibility index (Phi) is 10.1. The summed E-state index contributed by atoms with van der Waals surface area (Å²) < 4.78 is 19.6. The van der Waals surface area contributed by atoms with Gasteiger partial charge in [0.25, 0.3) is 5.56 Å². The molecule has 1 aliphatic heterocycles. The summed E-state index contributed by atoms with van der Waals surface area (Å²) in [5.41, 5.74) is -0.120. The number of allylic oxidation sites excluding steroid dienone is 1. The van der Waals surface area contributed by atoms with Gasteiger partial charge in [0.05, 0.1) is 10.9 Å². The van der Waals surface area contributed by atoms with Crippen molar-refractivity contribution in [3.8, 4) is 0 Å². The summed E-state index contributed by atoms with van der Waals surface area (Å²) in [4.78, 5) is 26.2. The van der Waals surface area contributed by atoms with E-state index in [0.717, 1.165) is 23.0 Å². The fraction of sp³-hybridized carbons (Fsp3) is 0.760. The van der Waals surface area contributed by atoms with Gasteiger partial charge in [-0.25, -0.2) is 4.79 Å². The maximum absolute atomic E-state index is 12.5. The highest BCUT2D eigenvalue weighted by Crippen LogP contribution is 2.55. The molecule has 1 aromatic rings. The molecule has 0 aromatic carbocycles. The minimum absolute atomic E-state index is 0.0632. The molecule has 2 aliphatic rings. The lowest BCUT2D eigenvalue weighted by molar-refractivity contribution is -0.0498. The summed E-state index contributed by atoms with van der Waals surface area (Å²) in [7, 11) is -2.34. The number of aliphatic hydroxyl groups is 2. The van der Waals surface area contributed by atoms with Crippen molar-refractivity contribution in [2.75, 3.05) is 6.61 Å². The van der Waals surface area contributed by atoms with Crippen molar-refractivity contribution in [2.24, 2.45) is 5.92 Å². The smallest absolute Gasteiger partial charge is 0.408 e. The van der Waals surface area contributed by atoms with Crippen LogP contribution in [-0.2, 0) is 25.5 Å². The van der Waals surface area contributed by atoms with Gasteiger partial charge in [0.2, 0.25) is 11.8 Å². The zero-order valence-electron chi connectivity index (χ0n) is 23.3. The number of aliphatic hydroxyl groups excluding tert-OH is 2. The predicted molar refractivity (Wildman–Crippen MR) is 158 cm³/mol. The third-order valence-corrected chi connectivity index (χ3v) is 17.1. The lowest BCUT2D eigenvalue weighted by Crippen LogP contribution is -2.50. The third kappa shape index (κ3) is 7.14. The van der Waals surface area contributed by atoms with Crippen molar-refractivity contribution in [1.29, 1.82) is 0 Å². The minimum atomic E-state index is -2.34. The van der Waals surface area contributed by atoms with Crippen LogP contribution in [0.3, 0.4) is 0 Å². The Balaban J connectivity index is 1.75. The second-order valence-electron chi connectivity index (χ2n) is 12.2. The molecule has 3 N–H and O–H groups in total. The summed E-state index contributed by atoms with van der Waals surface area (Å²) >= 11 is 7.17. The van der Waals surface area contributed by atoms with Gasteiger partial charge in [-0.05, 0) is 57.2 Å². The Morgan fingerprint density at radius 3 is 2.61 bits per heavy atom. The molecule has 214 valence electrons. The minimum Gasteiger partial charge on any atom is -0.408 e. The van der Waals surface area contributed by atoms with Crippen LogP contribution in [0.4, 0.5) is 0 Å². The number of aromatic amines is 1. The van der Waals surface area contributed by atoms with E-state index in [1.807, 2.05) is 13.8 Å². The van der Waals surface area contributed by atoms with E-state index in [2.05, 4.69) is 45.4 Å². The molecule has 1 saturated heterocycles. The van der Waals surface area contributed by atoms with Gasteiger partial charge in [0, 0.05) is 12.3 Å². The van der Waals surface area contributed by atoms with Gasteiger partial charge >= 0.3 is 11.8 Å². The maximum Gasteiger partial charge on any atom is 0.415 e. The van der Waals surface area contributed by atoms with E-state index in [9.17, 15) is 19.8 Å². The maximum atomic E-state index is 12.5. The molecular weight excluding hydrogens is 563 g/mol. The Hall–Kier alpha value is -0.693. The largest absolute Gasteiger partial charge is 0.415 e. The molecule has 8 atom stereocenters. The molecule has 1 saturated carbocycles. The number of rotatable bonds is 9. The van der Waals surface area contributed by atoms with E-state index < -0.39 is 61.1 Å². The monoisotopic (exact) mass is 605 g/mol. The van der Waals surface area contributed by atoms with Gasteiger partial charge in [-0.2, -0.15) is 4.52 Å². The summed E-state index contributed by atoms with van der Waals surface area (Å²) in [6, 6.07) is 1.21. The first kappa shape index (κ1) is 31.8. The molecule has 2 unspecified atom stereocenters. The van der Waals surface area contributed by atoms with Gasteiger partial charge in [-0.3, -0.25) is 14.3 Å². The van der Waals surface area contributed by atoms with Crippen LogP contribution in [0.2, 0.25) is 18.1 Å². The topological polar surface area (TPSA) is 123 Å². The molecule has 2 heterocycles. The Labute approximate surface area is 235 Å². The molecule has 0 bridgehead atoms. The molecule has 2 fully saturated rings. The van der Waals surface area contributed by atoms with E-state index in [0.29, 0.717) is 12.3 Å². The second-order valence-corrected chi connectivity index (χ2v) is 22.0. The SMILES string of the molecule is C=C(C)[C@@H]1CC[C@](C)(S[P+](=S)OC[C@H]2O[C@@H](n3ccc(=O)[nH]c3=O)[C@H](O)C2O[Si](C)(C)C(C)(C)C)[C@@H](O)C1. The molecule has 1 aromatic heterocycles. The van der Waals surface area contributed by atoms with Gasteiger partial charge in [-0.15, -0.1) is 0 Å². The third-order valence-electron chi connectivity index (χ3n) is 8.20. The summed E-state index contributed by atoms with van der Waals surface area (Å²) in [5.74, 6) is 0.311. The van der Waals surface area contributed by atoms with E-state index in [1.54, 1.807) is 0 Å². The standard InChI is InChI=1S/C25H41N2O7PS2Si/c1-15(2)16-9-11-25(6,18(28)13-16)37-35(36)32-14-17-21(34-38(7,8)24(3,4)5)20(30)22(33-17)27-12-10-19(29)26-23(27)31/h10,12,16-18,20-22,28,30H,1,9,11,13-14H2,2-8H3/p+1/t16-,17-,18+,20-,21?,22-,25+/m1/s1. The van der Waals surface area contributed by atoms with E-state index in [1.165, 1.54) is 23.6 Å². The van der Waals surface area contributed by atoms with Crippen molar-refractivity contribution >= 4 is 37.6 Å². The lowest BCUT2D eigenvalue weighted by atomic mass is 9.77. The van der Waals surface area contributed by atoms with Crippen LogP contribution in [0.15, 0.2) is 34.0 Å². The number of H-pyrrole nitrogens is 1. The number of hydrogen-bond donors (Lipinski definition) is 3. The quantitative estimate of drug-likeness (QED) is 0.216. The van der Waals surface area contributed by atoms with Crippen LogP contribution in [0.25, 0.3) is 0 Å². The molecule has 0 spiro atoms. The summed E-state index contributed by atoms with van der Waals surface area (Å²) in [5, 5.41) is 22.0. The highest BCUT2D eigenvalue weighted by molar-refractivity contribution is 8.63. The second kappa shape index (κ2) is 12.0. The van der Waals surface area contributed by atoms with Crippen LogP contribution in [0.1, 0.15) is 60.1 Å². The van der Waals surface area contributed by atoms with Gasteiger partial charge in [-0.1, -0.05) is 32.9 Å². The first-order chi connectivity index (χ1) is 17.4. The number of ether oxygens (including phenoxy) is 1. The van der Waals surface area contributed by atoms with Crippen LogP contribution < -0.4 is 11.2 Å². The number of nitrogens with one attached hydrogen (secondary N) is 1. The Morgan fingerprint density at radius 1 is 1.39 bits per heavy atom. The molecule has 3 rings (SSSR count). The highest BCUT2D eigenvalue weighted by atomic mass is 32.9. The fourth-order valence-corrected chi connectivity index (χ4v) is 10.7. The zero-order valence-corrected chi connectivity index (χ0v) is 26.8. The molecule has 0 radical (unpaired) electrons. The number of aromatic nitrogens is 2. The van der Waals surface area contributed by atoms with Gasteiger partial charge in [0.1, 0.15) is 36.3 Å². The number of hydrogen-bond acceptors (Lipinski definition) is 9. The van der Waals surface area contributed by atoms with Crippen molar-refractivity contribution in [2.45, 2.75) is 107 Å². The molecule has 1 aliphatic carbocycles. The van der Waals surface area contributed by atoms with Crippen LogP contribution in [0, 0.1) is 5.92 Å². The van der Waals surface area contributed by atoms with E-state index in [-0.39, 0.29) is 11.6 Å². The number of nitrogens with zero attached hydrogens (tertiary/aromatic N) is 1. The molecule has 13 heteroatoms. The first-order valence-corrected chi connectivity index (χ1v) is 19.5. The van der Waals surface area contributed by atoms with Gasteiger partial charge < -0.3 is 19.4 Å². The van der Waals surface area contributed by atoms with E-state index >= 15 is 0 Å². The van der Waals surface area contributed by atoms with Crippen molar-refractivity contribution < 1.29 is 23.9 Å². The van der Waals surface area contributed by atoms with Crippen molar-refractivity contribution in [3.63, 3.8) is 0 Å². The normalized spacial score (nSPS) is 32.8. The van der Waals surface area contributed by atoms with Crippen molar-refractivity contribution in [3.05, 3.63) is 45.3 Å². The van der Waals surface area contributed by atoms with Gasteiger partial charge in [0.15, 0.2) is 14.5 Å². The molecule has 38 heavy (non-hydrogen) atoms. The average Bonchev–Trinajstić information content (AvgIpc) is 3.08. The average molecular weight is 606 g/mol. The van der Waals surface area contributed by atoms with E-state index in [4.69, 9.17) is 25.5 Å². The lowest BCUT2D eigenvalue weighted by Gasteiger charge is -2.39. The molecular formula is C25H42N2O7PS2Si+. The molecule has 0 amide bonds. The predicted octanol–water partition coefficient (Wildman–Crippen LogP) is 4.20. The summed E-state index contributed by atoms with van der Waals surface area (Å²) in [6.07, 6.45) is -1.85. The zero-order chi connectivity index (χ0) is 28.6. The van der Waals surface area contributed by atoms with Crippen molar-refractivity contribution in [1.82, 2.24) is 9.55 Å².